The van der Waals surface area contributed by atoms with Crippen molar-refractivity contribution in [2.24, 2.45) is 11.8 Å². The summed E-state index contributed by atoms with van der Waals surface area (Å²) in [5.74, 6) is 1.43. The van der Waals surface area contributed by atoms with Crippen LogP contribution >= 0.6 is 0 Å². The van der Waals surface area contributed by atoms with E-state index in [1.165, 1.54) is 37.7 Å². The largest absolute Gasteiger partial charge is 0.310 e. The van der Waals surface area contributed by atoms with Crippen LogP contribution in [0.2, 0.25) is 0 Å². The van der Waals surface area contributed by atoms with Crippen molar-refractivity contribution in [2.45, 2.75) is 52.0 Å². The van der Waals surface area contributed by atoms with Gasteiger partial charge in [-0.1, -0.05) is 45.2 Å². The molecule has 0 heterocycles. The van der Waals surface area contributed by atoms with Gasteiger partial charge in [-0.25, -0.2) is 4.39 Å². The summed E-state index contributed by atoms with van der Waals surface area (Å²) in [6.07, 6.45) is 6.62. The van der Waals surface area contributed by atoms with Gasteiger partial charge in [0.2, 0.25) is 0 Å². The van der Waals surface area contributed by atoms with Crippen molar-refractivity contribution in [1.82, 2.24) is 5.32 Å². The molecule has 1 aromatic rings. The highest BCUT2D eigenvalue weighted by Crippen LogP contribution is 2.38. The van der Waals surface area contributed by atoms with Gasteiger partial charge in [0.1, 0.15) is 5.82 Å². The zero-order chi connectivity index (χ0) is 13.7. The van der Waals surface area contributed by atoms with E-state index in [1.807, 2.05) is 12.1 Å². The Morgan fingerprint density at radius 2 is 1.95 bits per heavy atom. The maximum atomic E-state index is 13.1. The predicted octanol–water partition coefficient (Wildman–Crippen LogP) is 4.69. The normalized spacial score (nSPS) is 25.2. The van der Waals surface area contributed by atoms with Gasteiger partial charge in [-0.15, -0.1) is 0 Å². The number of benzene rings is 1. The maximum absolute atomic E-state index is 13.1. The zero-order valence-electron chi connectivity index (χ0n) is 12.2. The van der Waals surface area contributed by atoms with E-state index in [4.69, 9.17) is 0 Å². The quantitative estimate of drug-likeness (QED) is 0.812. The molecule has 1 N–H and O–H groups in total. The van der Waals surface area contributed by atoms with Crippen LogP contribution < -0.4 is 5.32 Å². The van der Waals surface area contributed by atoms with E-state index >= 15 is 0 Å². The van der Waals surface area contributed by atoms with Crippen LogP contribution in [0.1, 0.15) is 57.6 Å². The van der Waals surface area contributed by atoms with Gasteiger partial charge in [0.25, 0.3) is 0 Å². The summed E-state index contributed by atoms with van der Waals surface area (Å²) in [5, 5.41) is 3.61. The molecule has 0 aliphatic heterocycles. The van der Waals surface area contributed by atoms with E-state index in [-0.39, 0.29) is 5.82 Å². The highest BCUT2D eigenvalue weighted by atomic mass is 19.1. The third-order valence-electron chi connectivity index (χ3n) is 4.53. The van der Waals surface area contributed by atoms with E-state index in [0.717, 1.165) is 12.5 Å². The van der Waals surface area contributed by atoms with Crippen LogP contribution in [0.25, 0.3) is 0 Å². The van der Waals surface area contributed by atoms with Crippen LogP contribution in [-0.4, -0.2) is 6.54 Å². The standard InChI is InChI=1S/C17H26FN/c1-3-13-6-5-7-15(12-13)17(19-4-2)14-8-10-16(18)11-9-14/h8-11,13,15,17,19H,3-7,12H2,1-2H3. The summed E-state index contributed by atoms with van der Waals surface area (Å²) in [7, 11) is 0. The Hall–Kier alpha value is -0.890. The van der Waals surface area contributed by atoms with Crippen molar-refractivity contribution in [3.05, 3.63) is 35.6 Å². The average Bonchev–Trinajstić information content (AvgIpc) is 2.46. The van der Waals surface area contributed by atoms with Gasteiger partial charge >= 0.3 is 0 Å². The first-order valence-electron chi connectivity index (χ1n) is 7.73. The Bertz CT molecular complexity index is 373. The number of halogens is 1. The van der Waals surface area contributed by atoms with Gasteiger partial charge in [0.05, 0.1) is 0 Å². The molecule has 1 aliphatic carbocycles. The minimum Gasteiger partial charge on any atom is -0.310 e. The fourth-order valence-electron chi connectivity index (χ4n) is 3.45. The first-order chi connectivity index (χ1) is 9.24. The molecule has 0 radical (unpaired) electrons. The summed E-state index contributed by atoms with van der Waals surface area (Å²) in [4.78, 5) is 0. The second kappa shape index (κ2) is 7.04. The first-order valence-corrected chi connectivity index (χ1v) is 7.73. The molecule has 1 aliphatic rings. The molecule has 0 aromatic heterocycles. The van der Waals surface area contributed by atoms with Gasteiger partial charge < -0.3 is 5.32 Å². The molecule has 19 heavy (non-hydrogen) atoms. The number of hydrogen-bond donors (Lipinski definition) is 1. The van der Waals surface area contributed by atoms with Crippen LogP contribution in [0.5, 0.6) is 0 Å². The van der Waals surface area contributed by atoms with Gasteiger partial charge in [-0.2, -0.15) is 0 Å². The lowest BCUT2D eigenvalue weighted by Crippen LogP contribution is -2.31. The molecule has 2 rings (SSSR count). The molecule has 1 saturated carbocycles. The van der Waals surface area contributed by atoms with E-state index < -0.39 is 0 Å². The Labute approximate surface area is 116 Å². The summed E-state index contributed by atoms with van der Waals surface area (Å²) < 4.78 is 13.1. The SMILES string of the molecule is CCNC(c1ccc(F)cc1)C1CCCC(CC)C1. The second-order valence-electron chi connectivity index (χ2n) is 5.79. The second-order valence-corrected chi connectivity index (χ2v) is 5.79. The maximum Gasteiger partial charge on any atom is 0.123 e. The van der Waals surface area contributed by atoms with E-state index in [0.29, 0.717) is 12.0 Å². The van der Waals surface area contributed by atoms with Gasteiger partial charge in [0.15, 0.2) is 0 Å². The predicted molar refractivity (Wildman–Crippen MR) is 78.6 cm³/mol. The molecule has 106 valence electrons. The average molecular weight is 263 g/mol. The van der Waals surface area contributed by atoms with Crippen molar-refractivity contribution < 1.29 is 4.39 Å². The van der Waals surface area contributed by atoms with Gasteiger partial charge in [-0.3, -0.25) is 0 Å². The van der Waals surface area contributed by atoms with Crippen LogP contribution in [-0.2, 0) is 0 Å². The van der Waals surface area contributed by atoms with Gasteiger partial charge in [0, 0.05) is 6.04 Å². The molecule has 1 fully saturated rings. The molecular weight excluding hydrogens is 237 g/mol. The Morgan fingerprint density at radius 1 is 1.21 bits per heavy atom. The fraction of sp³-hybridized carbons (Fsp3) is 0.647. The molecule has 3 atom stereocenters. The molecule has 2 heteroatoms. The zero-order valence-corrected chi connectivity index (χ0v) is 12.2. The van der Waals surface area contributed by atoms with Crippen molar-refractivity contribution >= 4 is 0 Å². The minimum absolute atomic E-state index is 0.144. The topological polar surface area (TPSA) is 12.0 Å². The van der Waals surface area contributed by atoms with E-state index in [9.17, 15) is 4.39 Å². The molecule has 1 nitrogen and oxygen atoms in total. The first kappa shape index (κ1) is 14.5. The number of nitrogens with one attached hydrogen (secondary N) is 1. The van der Waals surface area contributed by atoms with Crippen LogP contribution in [0, 0.1) is 17.7 Å². The lowest BCUT2D eigenvalue weighted by Gasteiger charge is -2.35. The Balaban J connectivity index is 2.12. The molecule has 0 saturated heterocycles. The fourth-order valence-corrected chi connectivity index (χ4v) is 3.45. The van der Waals surface area contributed by atoms with Crippen molar-refractivity contribution in [2.75, 3.05) is 6.54 Å². The van der Waals surface area contributed by atoms with E-state index in [2.05, 4.69) is 19.2 Å². The third-order valence-corrected chi connectivity index (χ3v) is 4.53. The summed E-state index contributed by atoms with van der Waals surface area (Å²) in [6, 6.07) is 7.44. The molecule has 0 spiro atoms. The molecule has 3 unspecified atom stereocenters. The highest BCUT2D eigenvalue weighted by Gasteiger charge is 2.28. The number of rotatable bonds is 5. The monoisotopic (exact) mass is 263 g/mol. The number of hydrogen-bond acceptors (Lipinski definition) is 1. The third kappa shape index (κ3) is 3.79. The van der Waals surface area contributed by atoms with Crippen molar-refractivity contribution in [3.63, 3.8) is 0 Å². The summed E-state index contributed by atoms with van der Waals surface area (Å²) in [6.45, 7) is 5.42. The summed E-state index contributed by atoms with van der Waals surface area (Å²) >= 11 is 0. The molecule has 0 amide bonds. The minimum atomic E-state index is -0.144. The van der Waals surface area contributed by atoms with Crippen molar-refractivity contribution in [1.29, 1.82) is 0 Å². The lowest BCUT2D eigenvalue weighted by atomic mass is 9.75. The Kier molecular flexibility index (Phi) is 5.38. The summed E-state index contributed by atoms with van der Waals surface area (Å²) in [5.41, 5.74) is 1.24. The Morgan fingerprint density at radius 3 is 2.58 bits per heavy atom. The lowest BCUT2D eigenvalue weighted by molar-refractivity contribution is 0.210. The van der Waals surface area contributed by atoms with Crippen LogP contribution in [0.3, 0.4) is 0 Å². The molecule has 0 bridgehead atoms. The van der Waals surface area contributed by atoms with Crippen LogP contribution in [0.4, 0.5) is 4.39 Å². The van der Waals surface area contributed by atoms with Gasteiger partial charge in [-0.05, 0) is 48.9 Å². The van der Waals surface area contributed by atoms with Crippen molar-refractivity contribution in [3.8, 4) is 0 Å². The van der Waals surface area contributed by atoms with E-state index in [1.54, 1.807) is 12.1 Å². The molecule has 1 aromatic carbocycles. The highest BCUT2D eigenvalue weighted by molar-refractivity contribution is 5.21. The smallest absolute Gasteiger partial charge is 0.123 e. The van der Waals surface area contributed by atoms with Crippen LogP contribution in [0.15, 0.2) is 24.3 Å². The molecular formula is C17H26FN.